The van der Waals surface area contributed by atoms with E-state index in [0.29, 0.717) is 29.5 Å². The summed E-state index contributed by atoms with van der Waals surface area (Å²) in [4.78, 5) is 25.7. The predicted molar refractivity (Wildman–Crippen MR) is 132 cm³/mol. The zero-order valence-electron chi connectivity index (χ0n) is 21.9. The molecule has 1 N–H and O–H groups in total. The highest BCUT2D eigenvalue weighted by atomic mass is 16.4. The molecule has 0 unspecified atom stereocenters. The molecule has 0 saturated heterocycles. The second-order valence-electron chi connectivity index (χ2n) is 14.3. The van der Waals surface area contributed by atoms with E-state index in [1.54, 1.807) is 0 Å². The summed E-state index contributed by atoms with van der Waals surface area (Å²) in [7, 11) is 0. The molecule has 0 bridgehead atoms. The summed E-state index contributed by atoms with van der Waals surface area (Å²) >= 11 is 0. The van der Waals surface area contributed by atoms with Crippen LogP contribution in [0.4, 0.5) is 0 Å². The van der Waals surface area contributed by atoms with Crippen LogP contribution >= 0.6 is 0 Å². The van der Waals surface area contributed by atoms with Gasteiger partial charge in [-0.15, -0.1) is 0 Å². The fourth-order valence-electron chi connectivity index (χ4n) is 11.3. The lowest BCUT2D eigenvalue weighted by atomic mass is 9.32. The number of rotatable bonds is 2. The lowest BCUT2D eigenvalue weighted by Crippen LogP contribution is -2.66. The van der Waals surface area contributed by atoms with E-state index < -0.39 is 11.4 Å². The van der Waals surface area contributed by atoms with Crippen molar-refractivity contribution in [2.75, 3.05) is 0 Å². The van der Waals surface area contributed by atoms with Gasteiger partial charge in [0.15, 0.2) is 0 Å². The van der Waals surface area contributed by atoms with Crippen molar-refractivity contribution in [3.05, 3.63) is 12.2 Å². The number of carbonyl (C=O) groups is 2. The smallest absolute Gasteiger partial charge is 0.309 e. The first kappa shape index (κ1) is 23.6. The molecule has 0 radical (unpaired) electrons. The first-order chi connectivity index (χ1) is 15.3. The number of allylic oxidation sites excluding steroid dienone is 1. The van der Waals surface area contributed by atoms with E-state index in [0.717, 1.165) is 51.4 Å². The van der Waals surface area contributed by atoms with Gasteiger partial charge in [0.1, 0.15) is 5.78 Å². The number of aliphatic carboxylic acids is 1. The van der Waals surface area contributed by atoms with Crippen LogP contribution in [-0.4, -0.2) is 16.9 Å². The van der Waals surface area contributed by atoms with Crippen LogP contribution in [-0.2, 0) is 9.59 Å². The maximum Gasteiger partial charge on any atom is 0.309 e. The van der Waals surface area contributed by atoms with E-state index in [1.807, 2.05) is 0 Å². The van der Waals surface area contributed by atoms with E-state index in [4.69, 9.17) is 0 Å². The summed E-state index contributed by atoms with van der Waals surface area (Å²) in [5, 5.41) is 10.5. The molecule has 0 aliphatic heterocycles. The van der Waals surface area contributed by atoms with E-state index in [2.05, 4.69) is 48.1 Å². The summed E-state index contributed by atoms with van der Waals surface area (Å²) in [5.41, 5.74) is 1.03. The van der Waals surface area contributed by atoms with Gasteiger partial charge in [-0.1, -0.05) is 46.8 Å². The van der Waals surface area contributed by atoms with Crippen LogP contribution in [0.15, 0.2) is 12.2 Å². The highest BCUT2D eigenvalue weighted by Crippen LogP contribution is 2.77. The summed E-state index contributed by atoms with van der Waals surface area (Å²) in [6.45, 7) is 18.5. The number of Topliss-reactive ketones (excluding diaryl/α,β-unsaturated/α-hetero) is 1. The third kappa shape index (κ3) is 2.69. The molecule has 5 aliphatic rings. The van der Waals surface area contributed by atoms with Crippen molar-refractivity contribution >= 4 is 11.8 Å². The van der Waals surface area contributed by atoms with Crippen molar-refractivity contribution in [1.29, 1.82) is 0 Å². The van der Waals surface area contributed by atoms with Crippen LogP contribution in [0.25, 0.3) is 0 Å². The first-order valence-corrected chi connectivity index (χ1v) is 13.7. The SMILES string of the molecule is C=C(C)[C@H]1CC[C@]2(C(=O)O)CC[C@]3(C)[C@H](CC[C@@H]4[C@@]5(C)CCC(=O)C(C)(C)[C@H]5CC[C@]43C)[C@@H]12. The molecular weight excluding hydrogens is 408 g/mol. The topological polar surface area (TPSA) is 54.4 Å². The van der Waals surface area contributed by atoms with Gasteiger partial charge in [0.2, 0.25) is 0 Å². The summed E-state index contributed by atoms with van der Waals surface area (Å²) in [5.74, 6) is 2.07. The van der Waals surface area contributed by atoms with Gasteiger partial charge in [-0.25, -0.2) is 0 Å². The van der Waals surface area contributed by atoms with Gasteiger partial charge >= 0.3 is 5.97 Å². The second-order valence-corrected chi connectivity index (χ2v) is 14.3. The molecule has 5 fully saturated rings. The van der Waals surface area contributed by atoms with E-state index >= 15 is 0 Å². The van der Waals surface area contributed by atoms with Gasteiger partial charge in [0.25, 0.3) is 0 Å². The number of carbonyl (C=O) groups excluding carboxylic acids is 1. The number of ketones is 1. The van der Waals surface area contributed by atoms with Crippen LogP contribution in [0.2, 0.25) is 0 Å². The predicted octanol–water partition coefficient (Wildman–Crippen LogP) is 7.30. The molecule has 3 nitrogen and oxygen atoms in total. The van der Waals surface area contributed by atoms with Crippen molar-refractivity contribution in [2.45, 2.75) is 106 Å². The molecule has 184 valence electrons. The summed E-state index contributed by atoms with van der Waals surface area (Å²) in [6.07, 6.45) is 10.1. The quantitative estimate of drug-likeness (QED) is 0.445. The minimum Gasteiger partial charge on any atom is -0.481 e. The van der Waals surface area contributed by atoms with Gasteiger partial charge in [-0.05, 0) is 111 Å². The largest absolute Gasteiger partial charge is 0.481 e. The molecular formula is C30H46O3. The van der Waals surface area contributed by atoms with Gasteiger partial charge < -0.3 is 5.11 Å². The van der Waals surface area contributed by atoms with E-state index in [9.17, 15) is 14.7 Å². The number of fused-ring (bicyclic) bond motifs is 7. The third-order valence-corrected chi connectivity index (χ3v) is 13.2. The Kier molecular flexibility index (Phi) is 4.99. The van der Waals surface area contributed by atoms with Crippen molar-refractivity contribution in [2.24, 2.45) is 56.7 Å². The lowest BCUT2D eigenvalue weighted by molar-refractivity contribution is -0.235. The number of hydrogen-bond acceptors (Lipinski definition) is 2. The maximum absolute atomic E-state index is 12.9. The normalized spacial score (nSPS) is 52.8. The van der Waals surface area contributed by atoms with Crippen LogP contribution in [0.3, 0.4) is 0 Å². The van der Waals surface area contributed by atoms with Gasteiger partial charge in [-0.3, -0.25) is 9.59 Å². The summed E-state index contributed by atoms with van der Waals surface area (Å²) in [6, 6.07) is 0. The highest BCUT2D eigenvalue weighted by Gasteiger charge is 2.72. The molecule has 0 aromatic carbocycles. The van der Waals surface area contributed by atoms with Crippen molar-refractivity contribution in [1.82, 2.24) is 0 Å². The van der Waals surface area contributed by atoms with Crippen molar-refractivity contribution in [3.8, 4) is 0 Å². The zero-order valence-corrected chi connectivity index (χ0v) is 21.9. The van der Waals surface area contributed by atoms with E-state index in [1.165, 1.54) is 18.4 Å². The minimum absolute atomic E-state index is 0.164. The molecule has 0 aromatic heterocycles. The molecule has 3 heteroatoms. The van der Waals surface area contributed by atoms with Crippen molar-refractivity contribution < 1.29 is 14.7 Å². The average Bonchev–Trinajstić information content (AvgIpc) is 3.13. The molecule has 5 saturated carbocycles. The Labute approximate surface area is 201 Å². The summed E-state index contributed by atoms with van der Waals surface area (Å²) < 4.78 is 0. The fourth-order valence-corrected chi connectivity index (χ4v) is 11.3. The Morgan fingerprint density at radius 1 is 0.879 bits per heavy atom. The van der Waals surface area contributed by atoms with E-state index in [-0.39, 0.29) is 27.6 Å². The fraction of sp³-hybridized carbons (Fsp3) is 0.867. The molecule has 0 spiro atoms. The Morgan fingerprint density at radius 3 is 2.21 bits per heavy atom. The van der Waals surface area contributed by atoms with Gasteiger partial charge in [-0.2, -0.15) is 0 Å². The van der Waals surface area contributed by atoms with Crippen LogP contribution in [0.5, 0.6) is 0 Å². The molecule has 0 amide bonds. The molecule has 0 heterocycles. The Hall–Kier alpha value is -1.12. The first-order valence-electron chi connectivity index (χ1n) is 13.7. The monoisotopic (exact) mass is 454 g/mol. The molecule has 5 aliphatic carbocycles. The van der Waals surface area contributed by atoms with Crippen LogP contribution < -0.4 is 0 Å². The average molecular weight is 455 g/mol. The number of carboxylic acid groups (broad SMARTS) is 1. The second kappa shape index (κ2) is 6.97. The zero-order chi connectivity index (χ0) is 24.2. The Morgan fingerprint density at radius 2 is 1.58 bits per heavy atom. The van der Waals surface area contributed by atoms with Crippen LogP contribution in [0.1, 0.15) is 106 Å². The molecule has 0 aromatic rings. The standard InChI is InChI=1S/C30H46O3/c1-18(2)19-10-15-30(25(32)33)17-16-28(6)20(24(19)30)8-9-22-27(5)13-12-23(31)26(3,4)21(27)11-14-29(22,28)7/h19-22,24H,1,8-17H2,2-7H3,(H,32,33)/t19-,20-,21-,22-,24-,27+,28-,29-,30+/m1/s1. The highest BCUT2D eigenvalue weighted by molar-refractivity contribution is 5.85. The lowest BCUT2D eigenvalue weighted by Gasteiger charge is -2.72. The van der Waals surface area contributed by atoms with Gasteiger partial charge in [0.05, 0.1) is 5.41 Å². The molecule has 33 heavy (non-hydrogen) atoms. The van der Waals surface area contributed by atoms with Crippen molar-refractivity contribution in [3.63, 3.8) is 0 Å². The minimum atomic E-state index is -0.547. The Balaban J connectivity index is 1.57. The third-order valence-electron chi connectivity index (χ3n) is 13.2. The van der Waals surface area contributed by atoms with Gasteiger partial charge in [0, 0.05) is 11.8 Å². The Bertz CT molecular complexity index is 902. The number of carboxylic acids is 1. The molecule has 5 rings (SSSR count). The maximum atomic E-state index is 12.9. The number of hydrogen-bond donors (Lipinski definition) is 1. The molecule has 9 atom stereocenters. The van der Waals surface area contributed by atoms with Crippen LogP contribution in [0, 0.1) is 56.7 Å².